The van der Waals surface area contributed by atoms with Crippen LogP contribution in [0.1, 0.15) is 48.0 Å². The lowest BCUT2D eigenvalue weighted by atomic mass is 10.1. The number of carbonyl (C=O) groups is 1. The Morgan fingerprint density at radius 3 is 2.62 bits per heavy atom. The van der Waals surface area contributed by atoms with Crippen molar-refractivity contribution in [2.75, 3.05) is 6.54 Å². The third-order valence-corrected chi connectivity index (χ3v) is 5.73. The van der Waals surface area contributed by atoms with Crippen LogP contribution in [0.2, 0.25) is 0 Å². The molecule has 6 heteroatoms. The first-order valence-corrected chi connectivity index (χ1v) is 8.72. The van der Waals surface area contributed by atoms with Gasteiger partial charge in [0, 0.05) is 6.54 Å². The molecule has 1 aromatic carbocycles. The molecule has 1 aromatic rings. The lowest BCUT2D eigenvalue weighted by Crippen LogP contribution is -2.27. The summed E-state index contributed by atoms with van der Waals surface area (Å²) in [6, 6.07) is 4.32. The van der Waals surface area contributed by atoms with Crippen LogP contribution >= 0.6 is 0 Å². The van der Waals surface area contributed by atoms with E-state index in [0.717, 1.165) is 6.42 Å². The van der Waals surface area contributed by atoms with E-state index in [9.17, 15) is 13.2 Å². The van der Waals surface area contributed by atoms with Gasteiger partial charge in [0.05, 0.1) is 10.5 Å². The molecule has 1 fully saturated rings. The van der Waals surface area contributed by atoms with Crippen molar-refractivity contribution < 1.29 is 18.3 Å². The molecular weight excluding hydrogens is 290 g/mol. The number of hydrogen-bond acceptors (Lipinski definition) is 3. The number of benzene rings is 1. The lowest BCUT2D eigenvalue weighted by molar-refractivity contribution is 0.0696. The summed E-state index contributed by atoms with van der Waals surface area (Å²) in [5.41, 5.74) is 0.298. The molecule has 2 N–H and O–H groups in total. The maximum atomic E-state index is 12.3. The topological polar surface area (TPSA) is 83.5 Å². The SMILES string of the molecule is Cc1c(C(=O)O)cccc1S(=O)(=O)NCCC1CCCC1. The standard InChI is InChI=1S/C15H21NO4S/c1-11-13(15(17)18)7-4-8-14(11)21(19,20)16-10-9-12-5-2-3-6-12/h4,7-8,12,16H,2-3,5-6,9-10H2,1H3,(H,17,18). The summed E-state index contributed by atoms with van der Waals surface area (Å²) in [7, 11) is -3.65. The van der Waals surface area contributed by atoms with Crippen LogP contribution in [0, 0.1) is 12.8 Å². The molecule has 0 bridgehead atoms. The van der Waals surface area contributed by atoms with Crippen LogP contribution in [0.15, 0.2) is 23.1 Å². The Labute approximate surface area is 125 Å². The van der Waals surface area contributed by atoms with Crippen molar-refractivity contribution in [3.05, 3.63) is 29.3 Å². The molecule has 0 radical (unpaired) electrons. The van der Waals surface area contributed by atoms with Crippen molar-refractivity contribution in [3.63, 3.8) is 0 Å². The lowest BCUT2D eigenvalue weighted by Gasteiger charge is -2.13. The number of aromatic carboxylic acids is 1. The molecule has 0 spiro atoms. The van der Waals surface area contributed by atoms with Gasteiger partial charge in [0.25, 0.3) is 0 Å². The van der Waals surface area contributed by atoms with E-state index in [4.69, 9.17) is 5.11 Å². The molecule has 0 aliphatic heterocycles. The van der Waals surface area contributed by atoms with Crippen LogP contribution in [0.5, 0.6) is 0 Å². The van der Waals surface area contributed by atoms with Crippen molar-refractivity contribution in [2.24, 2.45) is 5.92 Å². The Morgan fingerprint density at radius 1 is 1.33 bits per heavy atom. The maximum absolute atomic E-state index is 12.3. The Kier molecular flexibility index (Phi) is 5.00. The molecule has 0 heterocycles. The van der Waals surface area contributed by atoms with E-state index in [1.165, 1.54) is 50.8 Å². The van der Waals surface area contributed by atoms with E-state index in [-0.39, 0.29) is 16.0 Å². The number of carboxylic acids is 1. The van der Waals surface area contributed by atoms with Crippen molar-refractivity contribution in [1.29, 1.82) is 0 Å². The van der Waals surface area contributed by atoms with E-state index in [1.54, 1.807) is 0 Å². The molecule has 1 saturated carbocycles. The summed E-state index contributed by atoms with van der Waals surface area (Å²) in [4.78, 5) is 11.1. The maximum Gasteiger partial charge on any atom is 0.335 e. The minimum Gasteiger partial charge on any atom is -0.478 e. The van der Waals surface area contributed by atoms with Gasteiger partial charge in [0.2, 0.25) is 10.0 Å². The summed E-state index contributed by atoms with van der Waals surface area (Å²) in [6.07, 6.45) is 5.66. The average molecular weight is 311 g/mol. The van der Waals surface area contributed by atoms with E-state index in [1.807, 2.05) is 0 Å². The van der Waals surface area contributed by atoms with Crippen LogP contribution in [0.4, 0.5) is 0 Å². The largest absolute Gasteiger partial charge is 0.478 e. The number of sulfonamides is 1. The smallest absolute Gasteiger partial charge is 0.335 e. The van der Waals surface area contributed by atoms with Crippen LogP contribution in [-0.2, 0) is 10.0 Å². The summed E-state index contributed by atoms with van der Waals surface area (Å²) < 4.78 is 27.2. The fourth-order valence-corrected chi connectivity index (χ4v) is 4.22. The minimum absolute atomic E-state index is 0.0219. The van der Waals surface area contributed by atoms with Gasteiger partial charge in [-0.05, 0) is 37.0 Å². The number of carboxylic acid groups (broad SMARTS) is 1. The van der Waals surface area contributed by atoms with E-state index < -0.39 is 16.0 Å². The van der Waals surface area contributed by atoms with E-state index in [0.29, 0.717) is 12.5 Å². The molecule has 0 aromatic heterocycles. The first kappa shape index (κ1) is 16.0. The van der Waals surface area contributed by atoms with Gasteiger partial charge in [-0.2, -0.15) is 0 Å². The second-order valence-corrected chi connectivity index (χ2v) is 7.31. The van der Waals surface area contributed by atoms with Gasteiger partial charge in [-0.3, -0.25) is 0 Å². The van der Waals surface area contributed by atoms with Gasteiger partial charge in [-0.25, -0.2) is 17.9 Å². The molecule has 2 rings (SSSR count). The molecule has 0 atom stereocenters. The van der Waals surface area contributed by atoms with Gasteiger partial charge in [-0.15, -0.1) is 0 Å². The zero-order chi connectivity index (χ0) is 15.5. The fraction of sp³-hybridized carbons (Fsp3) is 0.533. The van der Waals surface area contributed by atoms with Gasteiger partial charge >= 0.3 is 5.97 Å². The van der Waals surface area contributed by atoms with Crippen LogP contribution in [-0.4, -0.2) is 26.0 Å². The van der Waals surface area contributed by atoms with Crippen molar-refractivity contribution in [1.82, 2.24) is 4.72 Å². The number of nitrogens with one attached hydrogen (secondary N) is 1. The number of rotatable bonds is 6. The Balaban J connectivity index is 2.08. The highest BCUT2D eigenvalue weighted by molar-refractivity contribution is 7.89. The second kappa shape index (κ2) is 6.58. The highest BCUT2D eigenvalue weighted by atomic mass is 32.2. The van der Waals surface area contributed by atoms with Crippen molar-refractivity contribution in [3.8, 4) is 0 Å². The van der Waals surface area contributed by atoms with E-state index >= 15 is 0 Å². The Morgan fingerprint density at radius 2 is 2.00 bits per heavy atom. The third-order valence-electron chi connectivity index (χ3n) is 4.12. The Hall–Kier alpha value is -1.40. The van der Waals surface area contributed by atoms with Gasteiger partial charge in [0.1, 0.15) is 0 Å². The fourth-order valence-electron chi connectivity index (χ4n) is 2.91. The van der Waals surface area contributed by atoms with E-state index in [2.05, 4.69) is 4.72 Å². The predicted octanol–water partition coefficient (Wildman–Crippen LogP) is 2.55. The van der Waals surface area contributed by atoms with Gasteiger partial charge in [-0.1, -0.05) is 31.7 Å². The van der Waals surface area contributed by atoms with Gasteiger partial charge < -0.3 is 5.11 Å². The third kappa shape index (κ3) is 3.83. The summed E-state index contributed by atoms with van der Waals surface area (Å²) in [6.45, 7) is 1.93. The quantitative estimate of drug-likeness (QED) is 0.845. The summed E-state index contributed by atoms with van der Waals surface area (Å²) >= 11 is 0. The molecule has 21 heavy (non-hydrogen) atoms. The first-order valence-electron chi connectivity index (χ1n) is 7.24. The molecule has 5 nitrogen and oxygen atoms in total. The highest BCUT2D eigenvalue weighted by Crippen LogP contribution is 2.27. The van der Waals surface area contributed by atoms with Gasteiger partial charge in [0.15, 0.2) is 0 Å². The molecule has 0 saturated heterocycles. The highest BCUT2D eigenvalue weighted by Gasteiger charge is 2.21. The zero-order valence-corrected chi connectivity index (χ0v) is 12.9. The molecule has 1 aliphatic rings. The summed E-state index contributed by atoms with van der Waals surface area (Å²) in [5.74, 6) is -0.505. The number of hydrogen-bond donors (Lipinski definition) is 2. The molecular formula is C15H21NO4S. The summed E-state index contributed by atoms with van der Waals surface area (Å²) in [5, 5.41) is 9.06. The van der Waals surface area contributed by atoms with Crippen molar-refractivity contribution in [2.45, 2.75) is 43.9 Å². The van der Waals surface area contributed by atoms with Crippen molar-refractivity contribution >= 4 is 16.0 Å². The predicted molar refractivity (Wildman–Crippen MR) is 79.9 cm³/mol. The average Bonchev–Trinajstić information content (AvgIpc) is 2.91. The zero-order valence-electron chi connectivity index (χ0n) is 12.1. The Bertz CT molecular complexity index is 619. The first-order chi connectivity index (χ1) is 9.92. The second-order valence-electron chi connectivity index (χ2n) is 5.57. The normalized spacial score (nSPS) is 16.2. The monoisotopic (exact) mass is 311 g/mol. The minimum atomic E-state index is -3.65. The van der Waals surface area contributed by atoms with Crippen LogP contribution < -0.4 is 4.72 Å². The molecule has 1 aliphatic carbocycles. The molecule has 0 unspecified atom stereocenters. The van der Waals surface area contributed by atoms with Crippen LogP contribution in [0.3, 0.4) is 0 Å². The van der Waals surface area contributed by atoms with Crippen LogP contribution in [0.25, 0.3) is 0 Å². The molecule has 0 amide bonds. The molecule has 116 valence electrons.